The van der Waals surface area contributed by atoms with Crippen LogP contribution >= 0.6 is 35.3 Å². The first-order valence-corrected chi connectivity index (χ1v) is 9.91. The first-order chi connectivity index (χ1) is 11.4. The fourth-order valence-corrected chi connectivity index (χ4v) is 4.16. The van der Waals surface area contributed by atoms with E-state index in [2.05, 4.69) is 60.1 Å². The molecule has 1 aromatic rings. The van der Waals surface area contributed by atoms with Gasteiger partial charge in [0, 0.05) is 37.0 Å². The second kappa shape index (κ2) is 10.1. The quantitative estimate of drug-likeness (QED) is 0.399. The molecule has 1 N–H and O–H groups in total. The molecule has 1 aliphatic heterocycles. The molecule has 0 bridgehead atoms. The lowest BCUT2D eigenvalue weighted by atomic mass is 9.93. The van der Waals surface area contributed by atoms with Gasteiger partial charge in [0.05, 0.1) is 12.2 Å². The molecular formula is C18H34IN5S. The van der Waals surface area contributed by atoms with Crippen LogP contribution in [0.1, 0.15) is 51.7 Å². The maximum Gasteiger partial charge on any atom is 0.194 e. The molecule has 1 saturated heterocycles. The lowest BCUT2D eigenvalue weighted by Gasteiger charge is -2.27. The van der Waals surface area contributed by atoms with Crippen molar-refractivity contribution < 1.29 is 0 Å². The second-order valence-corrected chi connectivity index (χ2v) is 8.33. The van der Waals surface area contributed by atoms with Crippen molar-refractivity contribution in [1.29, 1.82) is 0 Å². The zero-order valence-electron chi connectivity index (χ0n) is 16.5. The van der Waals surface area contributed by atoms with Crippen molar-refractivity contribution in [3.8, 4) is 0 Å². The predicted molar refractivity (Wildman–Crippen MR) is 119 cm³/mol. The van der Waals surface area contributed by atoms with Crippen molar-refractivity contribution in [2.24, 2.45) is 4.99 Å². The summed E-state index contributed by atoms with van der Waals surface area (Å²) < 4.78 is 0. The van der Waals surface area contributed by atoms with Crippen LogP contribution in [0.4, 0.5) is 0 Å². The Balaban J connectivity index is 0.00000312. The number of nitrogens with zero attached hydrogens (tertiary/aromatic N) is 4. The summed E-state index contributed by atoms with van der Waals surface area (Å²) in [5, 5.41) is 6.79. The number of hydrogen-bond donors (Lipinski definition) is 1. The number of thiazole rings is 1. The number of nitrogens with one attached hydrogen (secondary N) is 1. The van der Waals surface area contributed by atoms with Crippen LogP contribution in [0.25, 0.3) is 0 Å². The van der Waals surface area contributed by atoms with E-state index >= 15 is 0 Å². The van der Waals surface area contributed by atoms with E-state index in [0.717, 1.165) is 43.7 Å². The van der Waals surface area contributed by atoms with Gasteiger partial charge < -0.3 is 10.2 Å². The molecule has 1 unspecified atom stereocenters. The molecule has 2 rings (SSSR count). The molecule has 144 valence electrons. The average Bonchev–Trinajstić information content (AvgIpc) is 3.19. The Kier molecular flexibility index (Phi) is 9.11. The van der Waals surface area contributed by atoms with E-state index in [1.807, 2.05) is 7.05 Å². The summed E-state index contributed by atoms with van der Waals surface area (Å²) in [6, 6.07) is 0.644. The third kappa shape index (κ3) is 6.06. The summed E-state index contributed by atoms with van der Waals surface area (Å²) in [7, 11) is 1.87. The molecule has 2 heterocycles. The van der Waals surface area contributed by atoms with Crippen LogP contribution in [0.15, 0.2) is 10.4 Å². The van der Waals surface area contributed by atoms with Crippen LogP contribution in [-0.2, 0) is 12.0 Å². The summed E-state index contributed by atoms with van der Waals surface area (Å²) in [4.78, 5) is 14.2. The van der Waals surface area contributed by atoms with Crippen molar-refractivity contribution in [2.45, 2.75) is 59.0 Å². The summed E-state index contributed by atoms with van der Waals surface area (Å²) >= 11 is 1.73. The van der Waals surface area contributed by atoms with Crippen molar-refractivity contribution in [3.63, 3.8) is 0 Å². The van der Waals surface area contributed by atoms with Gasteiger partial charge in [-0.3, -0.25) is 9.89 Å². The molecule has 25 heavy (non-hydrogen) atoms. The minimum absolute atomic E-state index is 0. The van der Waals surface area contributed by atoms with E-state index in [1.165, 1.54) is 12.1 Å². The number of hydrogen-bond acceptors (Lipinski definition) is 4. The smallest absolute Gasteiger partial charge is 0.194 e. The number of aliphatic imine (C=N–C) groups is 1. The second-order valence-electron chi connectivity index (χ2n) is 7.39. The van der Waals surface area contributed by atoms with Crippen LogP contribution in [-0.4, -0.2) is 60.0 Å². The molecule has 1 aromatic heterocycles. The third-order valence-corrected chi connectivity index (χ3v) is 5.57. The van der Waals surface area contributed by atoms with Gasteiger partial charge in [-0.25, -0.2) is 4.98 Å². The van der Waals surface area contributed by atoms with Crippen LogP contribution in [0.2, 0.25) is 0 Å². The lowest BCUT2D eigenvalue weighted by molar-refractivity contribution is 0.223. The van der Waals surface area contributed by atoms with Crippen LogP contribution < -0.4 is 5.32 Å². The maximum absolute atomic E-state index is 4.76. The van der Waals surface area contributed by atoms with E-state index in [1.54, 1.807) is 11.3 Å². The summed E-state index contributed by atoms with van der Waals surface area (Å²) in [5.74, 6) is 0.997. The van der Waals surface area contributed by atoms with Gasteiger partial charge >= 0.3 is 0 Å². The van der Waals surface area contributed by atoms with Crippen molar-refractivity contribution in [1.82, 2.24) is 20.1 Å². The highest BCUT2D eigenvalue weighted by Gasteiger charge is 2.28. The van der Waals surface area contributed by atoms with Crippen LogP contribution in [0, 0.1) is 0 Å². The topological polar surface area (TPSA) is 43.8 Å². The van der Waals surface area contributed by atoms with Crippen molar-refractivity contribution in [2.75, 3.05) is 33.2 Å². The Hall–Kier alpha value is -0.410. The predicted octanol–water partition coefficient (Wildman–Crippen LogP) is 3.55. The molecule has 0 saturated carbocycles. The molecular weight excluding hydrogens is 445 g/mol. The van der Waals surface area contributed by atoms with Gasteiger partial charge in [0.2, 0.25) is 0 Å². The van der Waals surface area contributed by atoms with Gasteiger partial charge in [0.25, 0.3) is 0 Å². The first-order valence-electron chi connectivity index (χ1n) is 9.03. The Labute approximate surface area is 174 Å². The fraction of sp³-hybridized carbons (Fsp3) is 0.778. The van der Waals surface area contributed by atoms with E-state index in [-0.39, 0.29) is 29.4 Å². The Morgan fingerprint density at radius 1 is 1.40 bits per heavy atom. The van der Waals surface area contributed by atoms with Gasteiger partial charge in [-0.15, -0.1) is 35.3 Å². The number of aromatic nitrogens is 1. The minimum atomic E-state index is 0. The normalized spacial score (nSPS) is 18.6. The zero-order valence-corrected chi connectivity index (χ0v) is 19.6. The molecule has 0 amide bonds. The molecule has 0 aromatic carbocycles. The molecule has 5 nitrogen and oxygen atoms in total. The highest BCUT2D eigenvalue weighted by atomic mass is 127. The number of guanidine groups is 1. The average molecular weight is 479 g/mol. The lowest BCUT2D eigenvalue weighted by Crippen LogP contribution is -2.43. The molecule has 0 radical (unpaired) electrons. The molecule has 0 aliphatic carbocycles. The molecule has 1 fully saturated rings. The van der Waals surface area contributed by atoms with E-state index < -0.39 is 0 Å². The highest BCUT2D eigenvalue weighted by Crippen LogP contribution is 2.24. The Morgan fingerprint density at radius 2 is 2.08 bits per heavy atom. The first kappa shape index (κ1) is 22.6. The van der Waals surface area contributed by atoms with E-state index in [9.17, 15) is 0 Å². The maximum atomic E-state index is 4.76. The standard InChI is InChI=1S/C18H33N5S.HI/c1-7-22(8-2)14-9-10-23(12-14)17(19-6)20-11-16-21-15(13-24-16)18(3,4)5;/h13-14H,7-12H2,1-6H3,(H,19,20);1H. The molecule has 0 spiro atoms. The number of rotatable bonds is 5. The number of likely N-dealkylation sites (tertiary alicyclic amines) is 1. The highest BCUT2D eigenvalue weighted by molar-refractivity contribution is 14.0. The van der Waals surface area contributed by atoms with Gasteiger partial charge in [0.1, 0.15) is 5.01 Å². The number of likely N-dealkylation sites (N-methyl/N-ethyl adjacent to an activating group) is 1. The van der Waals surface area contributed by atoms with Gasteiger partial charge in [-0.1, -0.05) is 34.6 Å². The van der Waals surface area contributed by atoms with Crippen LogP contribution in [0.5, 0.6) is 0 Å². The largest absolute Gasteiger partial charge is 0.350 e. The van der Waals surface area contributed by atoms with Gasteiger partial charge in [-0.05, 0) is 19.5 Å². The van der Waals surface area contributed by atoms with Crippen LogP contribution in [0.3, 0.4) is 0 Å². The zero-order chi connectivity index (χ0) is 17.7. The Morgan fingerprint density at radius 3 is 2.60 bits per heavy atom. The SMILES string of the molecule is CCN(CC)C1CCN(C(=NC)NCc2nc(C(C)(C)C)cs2)C1.I. The van der Waals surface area contributed by atoms with Crippen molar-refractivity contribution >= 4 is 41.3 Å². The summed E-state index contributed by atoms with van der Waals surface area (Å²) in [5.41, 5.74) is 1.28. The summed E-state index contributed by atoms with van der Waals surface area (Å²) in [6.07, 6.45) is 1.22. The number of halogens is 1. The summed E-state index contributed by atoms with van der Waals surface area (Å²) in [6.45, 7) is 16.2. The monoisotopic (exact) mass is 479 g/mol. The Bertz CT molecular complexity index is 548. The van der Waals surface area contributed by atoms with Gasteiger partial charge in [-0.2, -0.15) is 0 Å². The van der Waals surface area contributed by atoms with Gasteiger partial charge in [0.15, 0.2) is 5.96 Å². The molecule has 1 aliphatic rings. The minimum Gasteiger partial charge on any atom is -0.350 e. The molecule has 7 heteroatoms. The van der Waals surface area contributed by atoms with E-state index in [0.29, 0.717) is 6.04 Å². The molecule has 1 atom stereocenters. The fourth-order valence-electron chi connectivity index (χ4n) is 3.20. The third-order valence-electron chi connectivity index (χ3n) is 4.72. The van der Waals surface area contributed by atoms with Crippen molar-refractivity contribution in [3.05, 3.63) is 16.1 Å². The van der Waals surface area contributed by atoms with E-state index in [4.69, 9.17) is 4.98 Å².